The Morgan fingerprint density at radius 2 is 0.786 bits per heavy atom. The van der Waals surface area contributed by atoms with Gasteiger partial charge in [0.25, 0.3) is 0 Å². The van der Waals surface area contributed by atoms with E-state index in [2.05, 4.69) is 60.7 Å². The first-order chi connectivity index (χ1) is 20.6. The predicted octanol–water partition coefficient (Wildman–Crippen LogP) is 9.14. The minimum Gasteiger partial charge on any atom is -0.463 e. The SMILES string of the molecule is CCOC(=O)/C=C/c1c2ccccc2cc2ccccc12.CCOC(=O)/C=C/c1c2ccccc2cc2ccccc12. The minimum absolute atomic E-state index is 0.311. The summed E-state index contributed by atoms with van der Waals surface area (Å²) < 4.78 is 9.92. The van der Waals surface area contributed by atoms with E-state index in [1.54, 1.807) is 13.8 Å². The molecule has 0 aromatic heterocycles. The molecule has 6 aromatic rings. The first-order valence-corrected chi connectivity index (χ1v) is 14.1. The minimum atomic E-state index is -0.311. The lowest BCUT2D eigenvalue weighted by molar-refractivity contribution is -0.138. The molecule has 0 heterocycles. The second-order valence-electron chi connectivity index (χ2n) is 9.64. The standard InChI is InChI=1S/2C19H16O2/c2*1-2-21-19(20)12-11-18-16-9-5-3-7-14(16)13-15-8-4-6-10-17(15)18/h2*3-13H,2H2,1H3/b2*12-11+. The van der Waals surface area contributed by atoms with Gasteiger partial charge >= 0.3 is 11.9 Å². The van der Waals surface area contributed by atoms with Gasteiger partial charge in [0.15, 0.2) is 0 Å². The molecule has 4 nitrogen and oxygen atoms in total. The topological polar surface area (TPSA) is 52.6 Å². The molecule has 0 aliphatic rings. The van der Waals surface area contributed by atoms with Gasteiger partial charge in [0.1, 0.15) is 0 Å². The van der Waals surface area contributed by atoms with E-state index in [4.69, 9.17) is 9.47 Å². The Balaban J connectivity index is 0.000000168. The molecule has 0 spiro atoms. The Labute approximate surface area is 245 Å². The third-order valence-electron chi connectivity index (χ3n) is 6.97. The molecule has 0 atom stereocenters. The molecular formula is C38H32O4. The lowest BCUT2D eigenvalue weighted by Gasteiger charge is -2.08. The number of ether oxygens (including phenoxy) is 2. The number of fused-ring (bicyclic) bond motifs is 4. The first-order valence-electron chi connectivity index (χ1n) is 14.1. The first kappa shape index (κ1) is 28.3. The van der Waals surface area contributed by atoms with Gasteiger partial charge in [0, 0.05) is 12.2 Å². The van der Waals surface area contributed by atoms with E-state index >= 15 is 0 Å². The Morgan fingerprint density at radius 1 is 0.500 bits per heavy atom. The van der Waals surface area contributed by atoms with Crippen LogP contribution in [0.2, 0.25) is 0 Å². The van der Waals surface area contributed by atoms with E-state index in [1.165, 1.54) is 33.7 Å². The number of hydrogen-bond donors (Lipinski definition) is 0. The highest BCUT2D eigenvalue weighted by Gasteiger charge is 2.07. The van der Waals surface area contributed by atoms with E-state index in [1.807, 2.05) is 60.7 Å². The van der Waals surface area contributed by atoms with Gasteiger partial charge in [-0.05, 0) is 92.3 Å². The van der Waals surface area contributed by atoms with Crippen molar-refractivity contribution in [1.29, 1.82) is 0 Å². The van der Waals surface area contributed by atoms with Gasteiger partial charge in [-0.2, -0.15) is 0 Å². The Kier molecular flexibility index (Phi) is 9.05. The van der Waals surface area contributed by atoms with Crippen LogP contribution in [0, 0.1) is 0 Å². The number of esters is 2. The smallest absolute Gasteiger partial charge is 0.330 e. The molecular weight excluding hydrogens is 520 g/mol. The van der Waals surface area contributed by atoms with Gasteiger partial charge in [-0.15, -0.1) is 0 Å². The molecule has 0 aliphatic carbocycles. The second-order valence-corrected chi connectivity index (χ2v) is 9.64. The normalized spacial score (nSPS) is 11.3. The Hall–Kier alpha value is -5.22. The summed E-state index contributed by atoms with van der Waals surface area (Å²) in [6.45, 7) is 4.39. The molecule has 208 valence electrons. The molecule has 6 rings (SSSR count). The molecule has 0 unspecified atom stereocenters. The van der Waals surface area contributed by atoms with Crippen LogP contribution in [0.25, 0.3) is 55.2 Å². The molecule has 6 aromatic carbocycles. The highest BCUT2D eigenvalue weighted by molar-refractivity contribution is 6.09. The van der Waals surface area contributed by atoms with Crippen molar-refractivity contribution in [3.8, 4) is 0 Å². The summed E-state index contributed by atoms with van der Waals surface area (Å²) in [5.41, 5.74) is 2.11. The zero-order valence-electron chi connectivity index (χ0n) is 23.7. The van der Waals surface area contributed by atoms with Crippen molar-refractivity contribution in [2.24, 2.45) is 0 Å². The summed E-state index contributed by atoms with van der Waals surface area (Å²) in [6, 6.07) is 37.1. The Morgan fingerprint density at radius 3 is 1.07 bits per heavy atom. The fourth-order valence-electron chi connectivity index (χ4n) is 5.14. The van der Waals surface area contributed by atoms with Crippen LogP contribution in [-0.4, -0.2) is 25.2 Å². The van der Waals surface area contributed by atoms with E-state index in [9.17, 15) is 9.59 Å². The van der Waals surface area contributed by atoms with Gasteiger partial charge in [0.05, 0.1) is 13.2 Å². The number of benzene rings is 6. The molecule has 0 amide bonds. The van der Waals surface area contributed by atoms with Crippen LogP contribution in [0.4, 0.5) is 0 Å². The number of carbonyl (C=O) groups excluding carboxylic acids is 2. The zero-order chi connectivity index (χ0) is 29.3. The quantitative estimate of drug-likeness (QED) is 0.117. The maximum Gasteiger partial charge on any atom is 0.330 e. The summed E-state index contributed by atoms with van der Waals surface area (Å²) in [4.78, 5) is 23.2. The molecule has 0 radical (unpaired) electrons. The molecule has 0 bridgehead atoms. The van der Waals surface area contributed by atoms with Crippen LogP contribution in [0.5, 0.6) is 0 Å². The summed E-state index contributed by atoms with van der Waals surface area (Å²) in [6.07, 6.45) is 6.70. The van der Waals surface area contributed by atoms with E-state index in [0.717, 1.165) is 32.7 Å². The predicted molar refractivity (Wildman–Crippen MR) is 174 cm³/mol. The average Bonchev–Trinajstić information content (AvgIpc) is 3.02. The van der Waals surface area contributed by atoms with E-state index in [0.29, 0.717) is 13.2 Å². The van der Waals surface area contributed by atoms with Gasteiger partial charge in [-0.25, -0.2) is 9.59 Å². The van der Waals surface area contributed by atoms with Crippen molar-refractivity contribution in [1.82, 2.24) is 0 Å². The molecule has 0 N–H and O–H groups in total. The largest absolute Gasteiger partial charge is 0.463 e. The maximum atomic E-state index is 11.6. The third kappa shape index (κ3) is 6.39. The van der Waals surface area contributed by atoms with Gasteiger partial charge < -0.3 is 9.47 Å². The fourth-order valence-corrected chi connectivity index (χ4v) is 5.14. The van der Waals surface area contributed by atoms with Crippen molar-refractivity contribution in [3.63, 3.8) is 0 Å². The van der Waals surface area contributed by atoms with Crippen molar-refractivity contribution >= 4 is 67.2 Å². The van der Waals surface area contributed by atoms with Crippen molar-refractivity contribution in [3.05, 3.63) is 132 Å². The summed E-state index contributed by atoms with van der Waals surface area (Å²) in [7, 11) is 0. The molecule has 42 heavy (non-hydrogen) atoms. The van der Waals surface area contributed by atoms with Crippen LogP contribution < -0.4 is 0 Å². The lowest BCUT2D eigenvalue weighted by Crippen LogP contribution is -1.98. The monoisotopic (exact) mass is 552 g/mol. The molecule has 0 saturated carbocycles. The zero-order valence-corrected chi connectivity index (χ0v) is 23.7. The number of carbonyl (C=O) groups is 2. The van der Waals surface area contributed by atoms with Crippen LogP contribution >= 0.6 is 0 Å². The third-order valence-corrected chi connectivity index (χ3v) is 6.97. The van der Waals surface area contributed by atoms with Gasteiger partial charge in [0.2, 0.25) is 0 Å². The van der Waals surface area contributed by atoms with Crippen LogP contribution in [0.1, 0.15) is 25.0 Å². The van der Waals surface area contributed by atoms with Gasteiger partial charge in [-0.1, -0.05) is 97.1 Å². The van der Waals surface area contributed by atoms with Crippen molar-refractivity contribution in [2.75, 3.05) is 13.2 Å². The number of hydrogen-bond acceptors (Lipinski definition) is 4. The number of rotatable bonds is 6. The highest BCUT2D eigenvalue weighted by Crippen LogP contribution is 2.30. The molecule has 0 aliphatic heterocycles. The summed E-state index contributed by atoms with van der Waals surface area (Å²) in [5, 5.41) is 9.21. The van der Waals surface area contributed by atoms with Crippen LogP contribution in [-0.2, 0) is 19.1 Å². The van der Waals surface area contributed by atoms with Gasteiger partial charge in [-0.3, -0.25) is 0 Å². The summed E-state index contributed by atoms with van der Waals surface area (Å²) in [5.74, 6) is -0.621. The van der Waals surface area contributed by atoms with E-state index in [-0.39, 0.29) is 11.9 Å². The molecule has 0 fully saturated rings. The fraction of sp³-hybridized carbons (Fsp3) is 0.105. The van der Waals surface area contributed by atoms with E-state index < -0.39 is 0 Å². The molecule has 0 saturated heterocycles. The highest BCUT2D eigenvalue weighted by atomic mass is 16.5. The lowest BCUT2D eigenvalue weighted by atomic mass is 9.96. The maximum absolute atomic E-state index is 11.6. The van der Waals surface area contributed by atoms with Crippen LogP contribution in [0.15, 0.2) is 121 Å². The second kappa shape index (κ2) is 13.4. The van der Waals surface area contributed by atoms with Crippen LogP contribution in [0.3, 0.4) is 0 Å². The Bertz CT molecular complexity index is 1700. The van der Waals surface area contributed by atoms with Crippen molar-refractivity contribution in [2.45, 2.75) is 13.8 Å². The van der Waals surface area contributed by atoms with Crippen molar-refractivity contribution < 1.29 is 19.1 Å². The molecule has 4 heteroatoms. The average molecular weight is 553 g/mol. The summed E-state index contributed by atoms with van der Waals surface area (Å²) >= 11 is 0.